The lowest BCUT2D eigenvalue weighted by Gasteiger charge is -2.22. The number of benzene rings is 2. The van der Waals surface area contributed by atoms with Crippen LogP contribution in [0.4, 0.5) is 9.18 Å². The fourth-order valence-electron chi connectivity index (χ4n) is 5.09. The molecule has 1 saturated heterocycles. The number of nitrogens with zero attached hydrogens (tertiary/aromatic N) is 4. The Balaban J connectivity index is 1.33. The SMILES string of the molecule is COc1ccc(Cn2c(C3(F)CC3)nc3sc(C4CCCN4C(=O)OCc4ccccc4)nc3c2=O)c(OC)c1. The van der Waals surface area contributed by atoms with Crippen molar-refractivity contribution >= 4 is 27.8 Å². The molecule has 11 heteroatoms. The van der Waals surface area contributed by atoms with Crippen LogP contribution in [0.25, 0.3) is 10.3 Å². The fourth-order valence-corrected chi connectivity index (χ4v) is 6.16. The van der Waals surface area contributed by atoms with Crippen molar-refractivity contribution in [3.63, 3.8) is 0 Å². The molecule has 2 fully saturated rings. The highest BCUT2D eigenvalue weighted by Gasteiger charge is 2.49. The molecule has 40 heavy (non-hydrogen) atoms. The summed E-state index contributed by atoms with van der Waals surface area (Å²) in [6.07, 6.45) is 1.66. The molecule has 1 unspecified atom stereocenters. The second kappa shape index (κ2) is 10.5. The number of methoxy groups -OCH3 is 2. The zero-order valence-corrected chi connectivity index (χ0v) is 23.1. The topological polar surface area (TPSA) is 95.8 Å². The normalized spacial score (nSPS) is 17.7. The molecule has 2 aliphatic rings. The molecule has 0 spiro atoms. The van der Waals surface area contributed by atoms with Gasteiger partial charge in [-0.2, -0.15) is 0 Å². The first-order chi connectivity index (χ1) is 19.4. The van der Waals surface area contributed by atoms with Crippen LogP contribution in [0.5, 0.6) is 11.5 Å². The molecule has 1 aliphatic heterocycles. The summed E-state index contributed by atoms with van der Waals surface area (Å²) in [5.41, 5.74) is -0.309. The van der Waals surface area contributed by atoms with Crippen LogP contribution in [0, 0.1) is 0 Å². The minimum Gasteiger partial charge on any atom is -0.497 e. The molecule has 3 heterocycles. The number of hydrogen-bond donors (Lipinski definition) is 0. The zero-order chi connectivity index (χ0) is 27.9. The molecule has 208 valence electrons. The van der Waals surface area contributed by atoms with Crippen LogP contribution in [-0.4, -0.2) is 46.3 Å². The van der Waals surface area contributed by atoms with Gasteiger partial charge >= 0.3 is 6.09 Å². The summed E-state index contributed by atoms with van der Waals surface area (Å²) in [6, 6.07) is 14.4. The number of hydrogen-bond acceptors (Lipinski definition) is 8. The van der Waals surface area contributed by atoms with E-state index in [-0.39, 0.29) is 30.5 Å². The van der Waals surface area contributed by atoms with E-state index in [1.54, 1.807) is 30.2 Å². The van der Waals surface area contributed by atoms with Crippen LogP contribution in [0.3, 0.4) is 0 Å². The van der Waals surface area contributed by atoms with Gasteiger partial charge in [-0.3, -0.25) is 14.3 Å². The number of aromatic nitrogens is 3. The van der Waals surface area contributed by atoms with E-state index >= 15 is 4.39 Å². The van der Waals surface area contributed by atoms with Gasteiger partial charge in [-0.25, -0.2) is 19.2 Å². The van der Waals surface area contributed by atoms with Crippen molar-refractivity contribution in [2.45, 2.75) is 50.5 Å². The highest BCUT2D eigenvalue weighted by molar-refractivity contribution is 7.18. The van der Waals surface area contributed by atoms with Gasteiger partial charge in [-0.15, -0.1) is 0 Å². The van der Waals surface area contributed by atoms with Crippen LogP contribution in [0.2, 0.25) is 0 Å². The average molecular weight is 565 g/mol. The number of fused-ring (bicyclic) bond motifs is 1. The summed E-state index contributed by atoms with van der Waals surface area (Å²) in [5, 5.41) is 0.600. The van der Waals surface area contributed by atoms with E-state index in [9.17, 15) is 9.59 Å². The Kier molecular flexibility index (Phi) is 6.91. The third kappa shape index (κ3) is 4.90. The molecule has 6 rings (SSSR count). The van der Waals surface area contributed by atoms with Gasteiger partial charge in [0.25, 0.3) is 5.56 Å². The van der Waals surface area contributed by atoms with E-state index < -0.39 is 17.3 Å². The standard InChI is InChI=1S/C29H29FN4O5S/c1-37-20-11-10-19(22(15-20)38-2)16-34-26(35)23-25(32-27(34)29(30)12-13-29)40-24(31-23)21-9-6-14-33(21)28(36)39-17-18-7-4-3-5-8-18/h3-5,7-8,10-11,15,21H,6,9,12-14,16-17H2,1-2H3. The van der Waals surface area contributed by atoms with Gasteiger partial charge in [0.1, 0.15) is 23.1 Å². The van der Waals surface area contributed by atoms with Crippen LogP contribution in [0.1, 0.15) is 53.7 Å². The summed E-state index contributed by atoms with van der Waals surface area (Å²) >= 11 is 1.24. The lowest BCUT2D eigenvalue weighted by molar-refractivity contribution is 0.0920. The van der Waals surface area contributed by atoms with Crippen LogP contribution in [0.15, 0.2) is 53.3 Å². The molecular weight excluding hydrogens is 535 g/mol. The average Bonchev–Trinajstić information content (AvgIpc) is 3.36. The first-order valence-corrected chi connectivity index (χ1v) is 14.0. The molecule has 2 aromatic heterocycles. The van der Waals surface area contributed by atoms with E-state index in [1.807, 2.05) is 30.3 Å². The number of rotatable bonds is 8. The van der Waals surface area contributed by atoms with E-state index in [1.165, 1.54) is 23.0 Å². The van der Waals surface area contributed by atoms with Gasteiger partial charge in [0, 0.05) is 18.2 Å². The smallest absolute Gasteiger partial charge is 0.410 e. The zero-order valence-electron chi connectivity index (χ0n) is 22.3. The second-order valence-electron chi connectivity index (χ2n) is 10.1. The second-order valence-corrected chi connectivity index (χ2v) is 11.1. The maximum Gasteiger partial charge on any atom is 0.410 e. The van der Waals surface area contributed by atoms with E-state index in [0.29, 0.717) is 52.7 Å². The molecule has 0 radical (unpaired) electrons. The lowest BCUT2D eigenvalue weighted by atomic mass is 10.1. The number of amides is 1. The van der Waals surface area contributed by atoms with Crippen LogP contribution < -0.4 is 15.0 Å². The highest BCUT2D eigenvalue weighted by atomic mass is 32.1. The van der Waals surface area contributed by atoms with E-state index in [0.717, 1.165) is 12.0 Å². The van der Waals surface area contributed by atoms with Crippen molar-refractivity contribution in [1.82, 2.24) is 19.4 Å². The Labute approximate surface area is 234 Å². The van der Waals surface area contributed by atoms with Gasteiger partial charge < -0.3 is 14.2 Å². The van der Waals surface area contributed by atoms with Crippen molar-refractivity contribution < 1.29 is 23.4 Å². The lowest BCUT2D eigenvalue weighted by Crippen LogP contribution is -2.31. The molecule has 1 aliphatic carbocycles. The first-order valence-electron chi connectivity index (χ1n) is 13.2. The molecule has 1 saturated carbocycles. The predicted octanol–water partition coefficient (Wildman–Crippen LogP) is 5.35. The van der Waals surface area contributed by atoms with Crippen molar-refractivity contribution in [2.24, 2.45) is 0 Å². The summed E-state index contributed by atoms with van der Waals surface area (Å²) in [4.78, 5) is 38.1. The van der Waals surface area contributed by atoms with Crippen molar-refractivity contribution in [2.75, 3.05) is 20.8 Å². The number of carbonyl (C=O) groups is 1. The van der Waals surface area contributed by atoms with Gasteiger partial charge in [0.05, 0.1) is 26.8 Å². The van der Waals surface area contributed by atoms with Crippen molar-refractivity contribution in [1.29, 1.82) is 0 Å². The monoisotopic (exact) mass is 564 g/mol. The molecule has 0 N–H and O–H groups in total. The summed E-state index contributed by atoms with van der Waals surface area (Å²) in [6.45, 7) is 0.776. The highest BCUT2D eigenvalue weighted by Crippen LogP contribution is 2.49. The minimum absolute atomic E-state index is 0.0736. The van der Waals surface area contributed by atoms with Gasteiger partial charge in [0.2, 0.25) is 0 Å². The number of alkyl halides is 1. The molecule has 4 aromatic rings. The Hall–Kier alpha value is -3.99. The van der Waals surface area contributed by atoms with Crippen LogP contribution >= 0.6 is 11.3 Å². The minimum atomic E-state index is -1.65. The predicted molar refractivity (Wildman–Crippen MR) is 148 cm³/mol. The summed E-state index contributed by atoms with van der Waals surface area (Å²) in [7, 11) is 3.09. The first kappa shape index (κ1) is 26.2. The largest absolute Gasteiger partial charge is 0.497 e. The number of likely N-dealkylation sites (tertiary alicyclic amines) is 1. The maximum atomic E-state index is 15.5. The molecule has 1 amide bonds. The molecule has 9 nitrogen and oxygen atoms in total. The van der Waals surface area contributed by atoms with E-state index in [4.69, 9.17) is 14.2 Å². The Morgan fingerprint density at radius 3 is 2.65 bits per heavy atom. The quantitative estimate of drug-likeness (QED) is 0.285. The third-order valence-electron chi connectivity index (χ3n) is 7.43. The van der Waals surface area contributed by atoms with Gasteiger partial charge in [0.15, 0.2) is 21.8 Å². The fraction of sp³-hybridized carbons (Fsp3) is 0.379. The summed E-state index contributed by atoms with van der Waals surface area (Å²) < 4.78 is 33.3. The number of carbonyl (C=O) groups excluding carboxylic acids is 1. The van der Waals surface area contributed by atoms with Crippen molar-refractivity contribution in [3.05, 3.63) is 80.8 Å². The Morgan fingerprint density at radius 1 is 1.12 bits per heavy atom. The molecular formula is C29H29FN4O5S. The molecule has 0 bridgehead atoms. The number of ether oxygens (including phenoxy) is 3. The Morgan fingerprint density at radius 2 is 1.93 bits per heavy atom. The maximum absolute atomic E-state index is 15.5. The number of halogens is 1. The third-order valence-corrected chi connectivity index (χ3v) is 8.48. The summed E-state index contributed by atoms with van der Waals surface area (Å²) in [5.74, 6) is 1.23. The Bertz CT molecular complexity index is 1620. The molecule has 1 atom stereocenters. The van der Waals surface area contributed by atoms with Crippen molar-refractivity contribution in [3.8, 4) is 11.5 Å². The number of thiazole rings is 1. The van der Waals surface area contributed by atoms with Gasteiger partial charge in [-0.1, -0.05) is 41.7 Å². The molecule has 2 aromatic carbocycles. The van der Waals surface area contributed by atoms with Crippen LogP contribution in [-0.2, 0) is 23.6 Å². The van der Waals surface area contributed by atoms with Gasteiger partial charge in [-0.05, 0) is 43.4 Å². The van der Waals surface area contributed by atoms with E-state index in [2.05, 4.69) is 9.97 Å².